The molecule has 2 aliphatic heterocycles. The lowest BCUT2D eigenvalue weighted by atomic mass is 10.1. The summed E-state index contributed by atoms with van der Waals surface area (Å²) in [6.45, 7) is 2.75. The van der Waals surface area contributed by atoms with E-state index in [1.54, 1.807) is 34.1 Å². The van der Waals surface area contributed by atoms with Gasteiger partial charge in [0.2, 0.25) is 5.91 Å². The number of halogens is 1. The van der Waals surface area contributed by atoms with Crippen molar-refractivity contribution in [2.24, 2.45) is 0 Å². The Labute approximate surface area is 157 Å². The van der Waals surface area contributed by atoms with Gasteiger partial charge in [0, 0.05) is 32.7 Å². The third kappa shape index (κ3) is 3.41. The van der Waals surface area contributed by atoms with Crippen molar-refractivity contribution in [2.45, 2.75) is 18.9 Å². The third-order valence-electron chi connectivity index (χ3n) is 5.32. The van der Waals surface area contributed by atoms with Crippen LogP contribution in [-0.2, 0) is 4.79 Å². The first kappa shape index (κ1) is 17.6. The van der Waals surface area contributed by atoms with Crippen LogP contribution in [0, 0.1) is 5.82 Å². The first-order valence-corrected chi connectivity index (χ1v) is 9.28. The van der Waals surface area contributed by atoms with Crippen LogP contribution in [0.4, 0.5) is 10.1 Å². The van der Waals surface area contributed by atoms with Gasteiger partial charge in [-0.3, -0.25) is 9.59 Å². The molecule has 7 heteroatoms. The van der Waals surface area contributed by atoms with Crippen molar-refractivity contribution in [3.05, 3.63) is 54.2 Å². The fourth-order valence-corrected chi connectivity index (χ4v) is 3.89. The molecule has 3 heterocycles. The number of hydrogen-bond acceptors (Lipinski definition) is 4. The smallest absolute Gasteiger partial charge is 0.290 e. The predicted molar refractivity (Wildman–Crippen MR) is 98.0 cm³/mol. The van der Waals surface area contributed by atoms with Crippen molar-refractivity contribution >= 4 is 17.5 Å². The zero-order chi connectivity index (χ0) is 18.8. The van der Waals surface area contributed by atoms with Gasteiger partial charge in [0.1, 0.15) is 11.9 Å². The van der Waals surface area contributed by atoms with Gasteiger partial charge < -0.3 is 19.1 Å². The van der Waals surface area contributed by atoms with Crippen molar-refractivity contribution in [1.82, 2.24) is 9.80 Å². The van der Waals surface area contributed by atoms with Gasteiger partial charge in [0.05, 0.1) is 12.0 Å². The van der Waals surface area contributed by atoms with Gasteiger partial charge in [-0.15, -0.1) is 0 Å². The monoisotopic (exact) mass is 371 g/mol. The number of amides is 2. The molecular weight excluding hydrogens is 349 g/mol. The molecule has 4 rings (SSSR count). The molecule has 0 spiro atoms. The summed E-state index contributed by atoms with van der Waals surface area (Å²) in [5.41, 5.74) is 0.570. The van der Waals surface area contributed by atoms with E-state index in [4.69, 9.17) is 4.42 Å². The Bertz CT molecular complexity index is 816. The van der Waals surface area contributed by atoms with Gasteiger partial charge in [-0.05, 0) is 37.1 Å². The topological polar surface area (TPSA) is 57.0 Å². The molecule has 0 bridgehead atoms. The second-order valence-corrected chi connectivity index (χ2v) is 6.90. The molecule has 1 atom stereocenters. The lowest BCUT2D eigenvalue weighted by molar-refractivity contribution is -0.135. The summed E-state index contributed by atoms with van der Waals surface area (Å²) in [7, 11) is 0. The Morgan fingerprint density at radius 2 is 1.78 bits per heavy atom. The number of carbonyl (C=O) groups is 2. The first-order chi connectivity index (χ1) is 13.1. The SMILES string of the molecule is O=C(C1CCCN1C(=O)c1ccco1)N1CCN(c2ccccc2F)CC1. The maximum Gasteiger partial charge on any atom is 0.290 e. The molecule has 142 valence electrons. The number of furan rings is 1. The van der Waals surface area contributed by atoms with E-state index in [-0.39, 0.29) is 23.4 Å². The van der Waals surface area contributed by atoms with E-state index in [0.717, 1.165) is 6.42 Å². The zero-order valence-corrected chi connectivity index (χ0v) is 15.0. The summed E-state index contributed by atoms with van der Waals surface area (Å²) in [5, 5.41) is 0. The molecule has 0 saturated carbocycles. The van der Waals surface area contributed by atoms with Crippen molar-refractivity contribution in [2.75, 3.05) is 37.6 Å². The summed E-state index contributed by atoms with van der Waals surface area (Å²) in [6, 6.07) is 9.53. The number of hydrogen-bond donors (Lipinski definition) is 0. The van der Waals surface area contributed by atoms with Crippen LogP contribution in [-0.4, -0.2) is 60.4 Å². The normalized spacial score (nSPS) is 20.2. The molecule has 0 aliphatic carbocycles. The number of anilines is 1. The minimum absolute atomic E-state index is 0.0272. The third-order valence-corrected chi connectivity index (χ3v) is 5.32. The number of carbonyl (C=O) groups excluding carboxylic acids is 2. The predicted octanol–water partition coefficient (Wildman–Crippen LogP) is 2.37. The van der Waals surface area contributed by atoms with Crippen LogP contribution in [0.3, 0.4) is 0 Å². The quantitative estimate of drug-likeness (QED) is 0.831. The van der Waals surface area contributed by atoms with Crippen molar-refractivity contribution in [1.29, 1.82) is 0 Å². The fraction of sp³-hybridized carbons (Fsp3) is 0.400. The molecule has 0 radical (unpaired) electrons. The van der Waals surface area contributed by atoms with E-state index in [1.807, 2.05) is 11.0 Å². The molecule has 6 nitrogen and oxygen atoms in total. The van der Waals surface area contributed by atoms with Crippen LogP contribution in [0.2, 0.25) is 0 Å². The molecule has 2 amide bonds. The van der Waals surface area contributed by atoms with Gasteiger partial charge in [-0.25, -0.2) is 4.39 Å². The fourth-order valence-electron chi connectivity index (χ4n) is 3.89. The minimum atomic E-state index is -0.442. The lowest BCUT2D eigenvalue weighted by Gasteiger charge is -2.38. The highest BCUT2D eigenvalue weighted by Crippen LogP contribution is 2.24. The van der Waals surface area contributed by atoms with Crippen LogP contribution in [0.5, 0.6) is 0 Å². The number of piperazine rings is 1. The second-order valence-electron chi connectivity index (χ2n) is 6.90. The van der Waals surface area contributed by atoms with Crippen LogP contribution < -0.4 is 4.90 Å². The standard InChI is InChI=1S/C20H22FN3O3/c21-15-5-1-2-6-16(15)22-10-12-23(13-11-22)19(25)17-7-3-9-24(17)20(26)18-8-4-14-27-18/h1-2,4-6,8,14,17H,3,7,9-13H2. The maximum atomic E-state index is 14.0. The number of rotatable bonds is 3. The summed E-state index contributed by atoms with van der Waals surface area (Å²) in [4.78, 5) is 31.0. The van der Waals surface area contributed by atoms with Gasteiger partial charge in [0.25, 0.3) is 5.91 Å². The van der Waals surface area contributed by atoms with Crippen molar-refractivity contribution in [3.63, 3.8) is 0 Å². The molecule has 2 saturated heterocycles. The molecule has 2 fully saturated rings. The number of para-hydroxylation sites is 1. The Morgan fingerprint density at radius 1 is 1.00 bits per heavy atom. The van der Waals surface area contributed by atoms with Crippen molar-refractivity contribution < 1.29 is 18.4 Å². The molecule has 27 heavy (non-hydrogen) atoms. The summed E-state index contributed by atoms with van der Waals surface area (Å²) < 4.78 is 19.2. The molecular formula is C20H22FN3O3. The van der Waals surface area contributed by atoms with Gasteiger partial charge in [-0.2, -0.15) is 0 Å². The Balaban J connectivity index is 1.40. The average Bonchev–Trinajstić information content (AvgIpc) is 3.39. The summed E-state index contributed by atoms with van der Waals surface area (Å²) in [6.07, 6.45) is 2.93. The van der Waals surface area contributed by atoms with Crippen LogP contribution in [0.15, 0.2) is 47.1 Å². The first-order valence-electron chi connectivity index (χ1n) is 9.28. The highest BCUT2D eigenvalue weighted by atomic mass is 19.1. The van der Waals surface area contributed by atoms with Crippen LogP contribution in [0.1, 0.15) is 23.4 Å². The van der Waals surface area contributed by atoms with Gasteiger partial charge in [-0.1, -0.05) is 12.1 Å². The Kier molecular flexibility index (Phi) is 4.83. The van der Waals surface area contributed by atoms with Crippen LogP contribution in [0.25, 0.3) is 0 Å². The van der Waals surface area contributed by atoms with E-state index in [2.05, 4.69) is 0 Å². The number of nitrogens with zero attached hydrogens (tertiary/aromatic N) is 3. The van der Waals surface area contributed by atoms with E-state index < -0.39 is 6.04 Å². The number of benzene rings is 1. The largest absolute Gasteiger partial charge is 0.459 e. The average molecular weight is 371 g/mol. The van der Waals surface area contributed by atoms with Gasteiger partial charge in [0.15, 0.2) is 5.76 Å². The molecule has 2 aliphatic rings. The summed E-state index contributed by atoms with van der Waals surface area (Å²) >= 11 is 0. The van der Waals surface area contributed by atoms with Gasteiger partial charge >= 0.3 is 0 Å². The second kappa shape index (κ2) is 7.42. The van der Waals surface area contributed by atoms with E-state index >= 15 is 0 Å². The van der Waals surface area contributed by atoms with Crippen molar-refractivity contribution in [3.8, 4) is 0 Å². The molecule has 2 aromatic rings. The van der Waals surface area contributed by atoms with E-state index in [0.29, 0.717) is 44.8 Å². The van der Waals surface area contributed by atoms with Crippen LogP contribution >= 0.6 is 0 Å². The number of likely N-dealkylation sites (tertiary alicyclic amines) is 1. The highest BCUT2D eigenvalue weighted by molar-refractivity contribution is 5.96. The van der Waals surface area contributed by atoms with E-state index in [9.17, 15) is 14.0 Å². The van der Waals surface area contributed by atoms with E-state index in [1.165, 1.54) is 12.3 Å². The molecule has 1 aromatic heterocycles. The molecule has 1 aromatic carbocycles. The summed E-state index contributed by atoms with van der Waals surface area (Å²) in [5.74, 6) is -0.246. The maximum absolute atomic E-state index is 14.0. The zero-order valence-electron chi connectivity index (χ0n) is 15.0. The minimum Gasteiger partial charge on any atom is -0.459 e. The molecule has 0 N–H and O–H groups in total. The molecule has 1 unspecified atom stereocenters. The Hall–Kier alpha value is -2.83. The highest BCUT2D eigenvalue weighted by Gasteiger charge is 2.38. The Morgan fingerprint density at radius 3 is 2.48 bits per heavy atom. The lowest BCUT2D eigenvalue weighted by Crippen LogP contribution is -2.54.